The number of nitrogens with two attached hydrogens (primary N) is 3. The summed E-state index contributed by atoms with van der Waals surface area (Å²) in [5, 5.41) is 8.77. The predicted octanol–water partition coefficient (Wildman–Crippen LogP) is -0.208. The van der Waals surface area contributed by atoms with Crippen LogP contribution in [0.1, 0.15) is 25.3 Å². The lowest BCUT2D eigenvalue weighted by molar-refractivity contribution is -0.132. The van der Waals surface area contributed by atoms with Crippen LogP contribution in [0.5, 0.6) is 0 Å². The number of likely N-dealkylation sites (tertiary alicyclic amines) is 1. The minimum absolute atomic E-state index is 0.0912. The first-order valence-electron chi connectivity index (χ1n) is 8.38. The molecule has 0 aromatic carbocycles. The highest BCUT2D eigenvalue weighted by Crippen LogP contribution is 2.31. The molecule has 1 aliphatic heterocycles. The smallest absolute Gasteiger partial charge is 0.266 e. The quantitative estimate of drug-likeness (QED) is 0.533. The van der Waals surface area contributed by atoms with E-state index in [1.807, 2.05) is 11.0 Å². The van der Waals surface area contributed by atoms with Gasteiger partial charge in [0.2, 0.25) is 5.91 Å². The third-order valence-electron chi connectivity index (χ3n) is 4.91. The van der Waals surface area contributed by atoms with Crippen LogP contribution in [-0.2, 0) is 9.59 Å². The number of anilines is 1. The lowest BCUT2D eigenvalue weighted by Crippen LogP contribution is -2.52. The molecule has 2 rings (SSSR count). The van der Waals surface area contributed by atoms with E-state index in [0.717, 1.165) is 6.42 Å². The Kier molecular flexibility index (Phi) is 5.77. The van der Waals surface area contributed by atoms with Gasteiger partial charge in [0.25, 0.3) is 5.91 Å². The first kappa shape index (κ1) is 19.2. The van der Waals surface area contributed by atoms with Gasteiger partial charge in [-0.1, -0.05) is 6.92 Å². The highest BCUT2D eigenvalue weighted by Gasteiger charge is 2.34. The van der Waals surface area contributed by atoms with Crippen LogP contribution in [0.3, 0.4) is 0 Å². The minimum atomic E-state index is -0.742. The topological polar surface area (TPSA) is 158 Å². The second-order valence-corrected chi connectivity index (χ2v) is 6.55. The zero-order chi connectivity index (χ0) is 19.4. The van der Waals surface area contributed by atoms with Crippen molar-refractivity contribution >= 4 is 23.3 Å². The fraction of sp³-hybridized carbons (Fsp3) is 0.471. The van der Waals surface area contributed by atoms with Crippen LogP contribution in [-0.4, -0.2) is 52.8 Å². The van der Waals surface area contributed by atoms with Gasteiger partial charge >= 0.3 is 0 Å². The molecule has 2 amide bonds. The third-order valence-corrected chi connectivity index (χ3v) is 4.91. The monoisotopic (exact) mass is 359 g/mol. The van der Waals surface area contributed by atoms with Gasteiger partial charge in [0, 0.05) is 37.9 Å². The van der Waals surface area contributed by atoms with E-state index in [2.05, 4.69) is 11.9 Å². The summed E-state index contributed by atoms with van der Waals surface area (Å²) < 4.78 is 0. The lowest BCUT2D eigenvalue weighted by Gasteiger charge is -2.43. The number of piperidine rings is 1. The second kappa shape index (κ2) is 7.82. The number of aromatic nitrogens is 1. The van der Waals surface area contributed by atoms with E-state index in [1.54, 1.807) is 24.2 Å². The van der Waals surface area contributed by atoms with Crippen molar-refractivity contribution in [1.29, 1.82) is 5.26 Å². The number of primary amides is 1. The molecule has 1 fully saturated rings. The molecule has 1 saturated heterocycles. The van der Waals surface area contributed by atoms with Gasteiger partial charge in [0.1, 0.15) is 17.9 Å². The maximum atomic E-state index is 12.1. The van der Waals surface area contributed by atoms with Crippen LogP contribution in [0.4, 0.5) is 5.82 Å². The van der Waals surface area contributed by atoms with E-state index in [0.29, 0.717) is 30.2 Å². The molecule has 0 spiro atoms. The van der Waals surface area contributed by atoms with Crippen molar-refractivity contribution in [2.24, 2.45) is 17.4 Å². The maximum absolute atomic E-state index is 12.1. The molecule has 0 aliphatic carbocycles. The Bertz CT molecular complexity index is 761. The van der Waals surface area contributed by atoms with Crippen LogP contribution in [0.15, 0.2) is 18.0 Å². The molecule has 1 aromatic rings. The average Bonchev–Trinajstić information content (AvgIpc) is 3.01. The number of hydrogen-bond acceptors (Lipinski definition) is 6. The van der Waals surface area contributed by atoms with Gasteiger partial charge < -0.3 is 32.0 Å². The summed E-state index contributed by atoms with van der Waals surface area (Å²) in [6, 6.07) is 3.51. The van der Waals surface area contributed by atoms with Crippen LogP contribution < -0.4 is 17.2 Å². The summed E-state index contributed by atoms with van der Waals surface area (Å²) in [4.78, 5) is 30.2. The molecular weight excluding hydrogens is 334 g/mol. The summed E-state index contributed by atoms with van der Waals surface area (Å²) in [6.07, 6.45) is 2.28. The van der Waals surface area contributed by atoms with E-state index in [9.17, 15) is 9.59 Å². The summed E-state index contributed by atoms with van der Waals surface area (Å²) in [6.45, 7) is 3.10. The number of nitrogens with zero attached hydrogens (tertiary/aromatic N) is 3. The van der Waals surface area contributed by atoms with Gasteiger partial charge in [-0.3, -0.25) is 9.59 Å². The van der Waals surface area contributed by atoms with E-state index in [4.69, 9.17) is 22.5 Å². The van der Waals surface area contributed by atoms with Crippen molar-refractivity contribution in [2.45, 2.75) is 25.8 Å². The summed E-state index contributed by atoms with van der Waals surface area (Å²) in [5.74, 6) is -0.334. The van der Waals surface area contributed by atoms with Crippen molar-refractivity contribution < 1.29 is 9.59 Å². The lowest BCUT2D eigenvalue weighted by atomic mass is 9.91. The Morgan fingerprint density at radius 2 is 2.15 bits per heavy atom. The van der Waals surface area contributed by atoms with Crippen LogP contribution >= 0.6 is 0 Å². The van der Waals surface area contributed by atoms with Crippen molar-refractivity contribution in [3.63, 3.8) is 0 Å². The SMILES string of the molecule is CC1CCN(C(=O)CC#N)CC1N(C)/C(=C(/N)C(N)=O)c1cc[nH]c1N. The molecule has 0 bridgehead atoms. The number of carbonyl (C=O) groups is 2. The number of aromatic amines is 1. The first-order chi connectivity index (χ1) is 12.3. The standard InChI is InChI=1S/C17H25N7O2/c1-10-5-8-24(13(25)3-6-18)9-12(10)23(2)15(14(19)17(21)26)11-4-7-22-16(11)20/h4,7,10,12,22H,3,5,8-9,19-20H2,1-2H3,(H2,21,26)/b15-14+. The summed E-state index contributed by atoms with van der Waals surface area (Å²) in [7, 11) is 1.80. The van der Waals surface area contributed by atoms with Gasteiger partial charge in [-0.05, 0) is 18.4 Å². The molecule has 0 saturated carbocycles. The molecule has 7 N–H and O–H groups in total. The molecule has 0 radical (unpaired) electrons. The van der Waals surface area contributed by atoms with E-state index in [-0.39, 0.29) is 30.0 Å². The van der Waals surface area contributed by atoms with Crippen LogP contribution in [0.2, 0.25) is 0 Å². The van der Waals surface area contributed by atoms with Gasteiger partial charge in [-0.15, -0.1) is 0 Å². The number of hydrogen-bond donors (Lipinski definition) is 4. The molecule has 2 heterocycles. The van der Waals surface area contributed by atoms with Gasteiger partial charge in [-0.2, -0.15) is 5.26 Å². The molecule has 140 valence electrons. The summed E-state index contributed by atoms with van der Waals surface area (Å²) >= 11 is 0. The number of carbonyl (C=O) groups excluding carboxylic acids is 2. The van der Waals surface area contributed by atoms with E-state index >= 15 is 0 Å². The fourth-order valence-electron chi connectivity index (χ4n) is 3.36. The Labute approximate surface area is 152 Å². The first-order valence-corrected chi connectivity index (χ1v) is 8.38. The Morgan fingerprint density at radius 1 is 1.46 bits per heavy atom. The summed E-state index contributed by atoms with van der Waals surface area (Å²) in [5.41, 5.74) is 18.3. The Balaban J connectivity index is 2.38. The number of amides is 2. The highest BCUT2D eigenvalue weighted by molar-refractivity contribution is 5.99. The van der Waals surface area contributed by atoms with Crippen molar-refractivity contribution in [2.75, 3.05) is 25.9 Å². The zero-order valence-corrected chi connectivity index (χ0v) is 15.0. The number of rotatable bonds is 5. The van der Waals surface area contributed by atoms with Gasteiger partial charge in [0.05, 0.1) is 11.8 Å². The highest BCUT2D eigenvalue weighted by atomic mass is 16.2. The molecule has 1 aromatic heterocycles. The molecule has 1 aliphatic rings. The molecule has 26 heavy (non-hydrogen) atoms. The van der Waals surface area contributed by atoms with Gasteiger partial charge in [0.15, 0.2) is 0 Å². The predicted molar refractivity (Wildman–Crippen MR) is 97.6 cm³/mol. The fourth-order valence-corrected chi connectivity index (χ4v) is 3.36. The van der Waals surface area contributed by atoms with Crippen LogP contribution in [0, 0.1) is 17.2 Å². The zero-order valence-electron chi connectivity index (χ0n) is 15.0. The Hall–Kier alpha value is -3.15. The van der Waals surface area contributed by atoms with Crippen LogP contribution in [0.25, 0.3) is 5.70 Å². The number of likely N-dealkylation sites (N-methyl/N-ethyl adjacent to an activating group) is 1. The molecule has 2 unspecified atom stereocenters. The third kappa shape index (κ3) is 3.74. The number of H-pyrrole nitrogens is 1. The maximum Gasteiger partial charge on any atom is 0.266 e. The van der Waals surface area contributed by atoms with Crippen molar-refractivity contribution in [3.8, 4) is 6.07 Å². The molecule has 9 nitrogen and oxygen atoms in total. The molecular formula is C17H25N7O2. The largest absolute Gasteiger partial charge is 0.393 e. The van der Waals surface area contributed by atoms with Crippen molar-refractivity contribution in [1.82, 2.24) is 14.8 Å². The number of nitrogen functional groups attached to an aromatic ring is 1. The molecule has 2 atom stereocenters. The number of nitrogens with one attached hydrogen (secondary N) is 1. The minimum Gasteiger partial charge on any atom is -0.393 e. The molecule has 9 heteroatoms. The normalized spacial score (nSPS) is 20.9. The van der Waals surface area contributed by atoms with E-state index in [1.165, 1.54) is 0 Å². The number of nitriles is 1. The second-order valence-electron chi connectivity index (χ2n) is 6.55. The van der Waals surface area contributed by atoms with Gasteiger partial charge in [-0.25, -0.2) is 0 Å². The Morgan fingerprint density at radius 3 is 2.69 bits per heavy atom. The van der Waals surface area contributed by atoms with E-state index < -0.39 is 5.91 Å². The van der Waals surface area contributed by atoms with Crippen molar-refractivity contribution in [3.05, 3.63) is 23.5 Å². The average molecular weight is 359 g/mol.